The van der Waals surface area contributed by atoms with E-state index in [2.05, 4.69) is 12.2 Å². The van der Waals surface area contributed by atoms with Crippen molar-refractivity contribution < 1.29 is 19.0 Å². The van der Waals surface area contributed by atoms with Gasteiger partial charge in [-0.2, -0.15) is 0 Å². The molecule has 1 atom stereocenters. The van der Waals surface area contributed by atoms with Crippen molar-refractivity contribution >= 4 is 11.6 Å². The molecule has 136 valence electrons. The van der Waals surface area contributed by atoms with Crippen LogP contribution < -0.4 is 19.5 Å². The lowest BCUT2D eigenvalue weighted by Crippen LogP contribution is -2.25. The summed E-state index contributed by atoms with van der Waals surface area (Å²) in [7, 11) is 0. The Morgan fingerprint density at radius 2 is 1.88 bits per heavy atom. The van der Waals surface area contributed by atoms with Crippen LogP contribution in [0.2, 0.25) is 0 Å². The van der Waals surface area contributed by atoms with E-state index in [4.69, 9.17) is 14.2 Å². The molecule has 1 amide bonds. The van der Waals surface area contributed by atoms with Gasteiger partial charge in [-0.1, -0.05) is 31.5 Å². The number of para-hydroxylation sites is 1. The minimum atomic E-state index is -0.0626. The first kappa shape index (κ1) is 16.8. The topological polar surface area (TPSA) is 56.8 Å². The molecule has 0 fully saturated rings. The van der Waals surface area contributed by atoms with Crippen LogP contribution in [0.3, 0.4) is 0 Å². The largest absolute Gasteiger partial charge is 0.493 e. The zero-order valence-electron chi connectivity index (χ0n) is 14.9. The second-order valence-corrected chi connectivity index (χ2v) is 6.63. The van der Waals surface area contributed by atoms with Crippen molar-refractivity contribution in [2.45, 2.75) is 32.1 Å². The molecule has 0 radical (unpaired) electrons. The van der Waals surface area contributed by atoms with Crippen LogP contribution in [-0.4, -0.2) is 25.7 Å². The highest BCUT2D eigenvalue weighted by Crippen LogP contribution is 2.45. The molecule has 5 nitrogen and oxygen atoms in total. The van der Waals surface area contributed by atoms with Crippen molar-refractivity contribution in [1.29, 1.82) is 0 Å². The number of ether oxygens (including phenoxy) is 3. The molecule has 2 aromatic carbocycles. The van der Waals surface area contributed by atoms with Gasteiger partial charge >= 0.3 is 0 Å². The standard InChI is InChI=1S/C21H23NO4/c1-2-3-8-24-18-7-5-4-6-14(18)15-12-21(23)22-17-13-20-19(11-16(15)17)25-9-10-26-20/h4-7,11,13,15H,2-3,8-10,12H2,1H3,(H,22,23)/t15-/m1/s1. The summed E-state index contributed by atoms with van der Waals surface area (Å²) in [6, 6.07) is 11.9. The van der Waals surface area contributed by atoms with Crippen LogP contribution in [0.5, 0.6) is 17.2 Å². The summed E-state index contributed by atoms with van der Waals surface area (Å²) in [5, 5.41) is 2.97. The van der Waals surface area contributed by atoms with Crippen molar-refractivity contribution in [3.63, 3.8) is 0 Å². The molecule has 0 aliphatic carbocycles. The van der Waals surface area contributed by atoms with Gasteiger partial charge in [0.15, 0.2) is 11.5 Å². The van der Waals surface area contributed by atoms with Crippen molar-refractivity contribution in [2.24, 2.45) is 0 Å². The minimum Gasteiger partial charge on any atom is -0.493 e. The van der Waals surface area contributed by atoms with Gasteiger partial charge in [-0.25, -0.2) is 0 Å². The molecule has 0 unspecified atom stereocenters. The molecule has 2 aromatic rings. The second kappa shape index (κ2) is 7.28. The highest BCUT2D eigenvalue weighted by molar-refractivity contribution is 5.96. The minimum absolute atomic E-state index is 0.00235. The smallest absolute Gasteiger partial charge is 0.225 e. The normalized spacial score (nSPS) is 18.0. The summed E-state index contributed by atoms with van der Waals surface area (Å²) in [5.41, 5.74) is 2.87. The molecule has 4 rings (SSSR count). The predicted octanol–water partition coefficient (Wildman–Crippen LogP) is 4.11. The number of hydrogen-bond donors (Lipinski definition) is 1. The first-order valence-corrected chi connectivity index (χ1v) is 9.21. The summed E-state index contributed by atoms with van der Waals surface area (Å²) in [5.74, 6) is 2.21. The number of nitrogens with one attached hydrogen (secondary N) is 1. The summed E-state index contributed by atoms with van der Waals surface area (Å²) < 4.78 is 17.4. The molecule has 0 saturated carbocycles. The Hall–Kier alpha value is -2.69. The van der Waals surface area contributed by atoms with Crippen molar-refractivity contribution in [3.05, 3.63) is 47.5 Å². The number of rotatable bonds is 5. The first-order valence-electron chi connectivity index (χ1n) is 9.21. The van der Waals surface area contributed by atoms with Gasteiger partial charge in [0, 0.05) is 29.7 Å². The fraction of sp³-hybridized carbons (Fsp3) is 0.381. The molecule has 0 saturated heterocycles. The molecular formula is C21H23NO4. The van der Waals surface area contributed by atoms with Gasteiger partial charge in [0.05, 0.1) is 6.61 Å². The fourth-order valence-electron chi connectivity index (χ4n) is 3.50. The maximum absolute atomic E-state index is 12.3. The monoisotopic (exact) mass is 353 g/mol. The van der Waals surface area contributed by atoms with E-state index in [0.29, 0.717) is 32.0 Å². The van der Waals surface area contributed by atoms with Crippen LogP contribution in [-0.2, 0) is 4.79 Å². The fourth-order valence-corrected chi connectivity index (χ4v) is 3.50. The molecule has 2 aliphatic heterocycles. The third kappa shape index (κ3) is 3.21. The van der Waals surface area contributed by atoms with Crippen molar-refractivity contribution in [2.75, 3.05) is 25.1 Å². The third-order valence-corrected chi connectivity index (χ3v) is 4.80. The molecule has 1 N–H and O–H groups in total. The molecule has 5 heteroatoms. The highest BCUT2D eigenvalue weighted by Gasteiger charge is 2.31. The van der Waals surface area contributed by atoms with Crippen LogP contribution in [0.25, 0.3) is 0 Å². The van der Waals surface area contributed by atoms with E-state index < -0.39 is 0 Å². The lowest BCUT2D eigenvalue weighted by Gasteiger charge is -2.29. The molecule has 0 aromatic heterocycles. The maximum atomic E-state index is 12.3. The number of carbonyl (C=O) groups is 1. The van der Waals surface area contributed by atoms with E-state index in [1.165, 1.54) is 0 Å². The number of benzene rings is 2. The maximum Gasteiger partial charge on any atom is 0.225 e. The zero-order valence-corrected chi connectivity index (χ0v) is 14.9. The van der Waals surface area contributed by atoms with Gasteiger partial charge < -0.3 is 19.5 Å². The molecule has 26 heavy (non-hydrogen) atoms. The molecule has 0 spiro atoms. The Labute approximate surface area is 153 Å². The number of hydrogen-bond acceptors (Lipinski definition) is 4. The summed E-state index contributed by atoms with van der Waals surface area (Å²) in [6.07, 6.45) is 2.48. The second-order valence-electron chi connectivity index (χ2n) is 6.63. The Morgan fingerprint density at radius 3 is 2.69 bits per heavy atom. The lowest BCUT2D eigenvalue weighted by atomic mass is 9.84. The van der Waals surface area contributed by atoms with Gasteiger partial charge in [0.1, 0.15) is 19.0 Å². The summed E-state index contributed by atoms with van der Waals surface area (Å²) in [6.45, 7) is 3.89. The van der Waals surface area contributed by atoms with E-state index >= 15 is 0 Å². The Balaban J connectivity index is 1.73. The lowest BCUT2D eigenvalue weighted by molar-refractivity contribution is -0.116. The SMILES string of the molecule is CCCCOc1ccccc1[C@H]1CC(=O)Nc2cc3c(cc21)OCCO3. The van der Waals surface area contributed by atoms with E-state index in [0.717, 1.165) is 41.2 Å². The average Bonchev–Trinajstić information content (AvgIpc) is 2.66. The van der Waals surface area contributed by atoms with Crippen molar-refractivity contribution in [3.8, 4) is 17.2 Å². The summed E-state index contributed by atoms with van der Waals surface area (Å²) >= 11 is 0. The Kier molecular flexibility index (Phi) is 4.69. The van der Waals surface area contributed by atoms with Gasteiger partial charge in [0.2, 0.25) is 5.91 Å². The van der Waals surface area contributed by atoms with Crippen LogP contribution in [0.1, 0.15) is 43.2 Å². The number of carbonyl (C=O) groups excluding carboxylic acids is 1. The number of amides is 1. The average molecular weight is 353 g/mol. The first-order chi connectivity index (χ1) is 12.8. The number of anilines is 1. The van der Waals surface area contributed by atoms with E-state index in [9.17, 15) is 4.79 Å². The molecule has 2 aliphatic rings. The Morgan fingerprint density at radius 1 is 1.12 bits per heavy atom. The van der Waals surface area contributed by atoms with Crippen LogP contribution >= 0.6 is 0 Å². The number of fused-ring (bicyclic) bond motifs is 2. The third-order valence-electron chi connectivity index (χ3n) is 4.80. The van der Waals surface area contributed by atoms with Gasteiger partial charge in [0.25, 0.3) is 0 Å². The van der Waals surface area contributed by atoms with E-state index in [-0.39, 0.29) is 11.8 Å². The molecule has 0 bridgehead atoms. The van der Waals surface area contributed by atoms with Crippen LogP contribution in [0, 0.1) is 0 Å². The van der Waals surface area contributed by atoms with E-state index in [1.54, 1.807) is 0 Å². The van der Waals surface area contributed by atoms with Gasteiger partial charge in [-0.3, -0.25) is 4.79 Å². The highest BCUT2D eigenvalue weighted by atomic mass is 16.6. The Bertz CT molecular complexity index is 818. The quantitative estimate of drug-likeness (QED) is 0.822. The predicted molar refractivity (Wildman–Crippen MR) is 99.4 cm³/mol. The van der Waals surface area contributed by atoms with Crippen LogP contribution in [0.4, 0.5) is 5.69 Å². The molecular weight excluding hydrogens is 330 g/mol. The van der Waals surface area contributed by atoms with Gasteiger partial charge in [-0.15, -0.1) is 0 Å². The zero-order chi connectivity index (χ0) is 17.9. The van der Waals surface area contributed by atoms with Gasteiger partial charge in [-0.05, 0) is 24.1 Å². The number of unbranched alkanes of at least 4 members (excludes halogenated alkanes) is 1. The van der Waals surface area contributed by atoms with Crippen molar-refractivity contribution in [1.82, 2.24) is 0 Å². The van der Waals surface area contributed by atoms with Crippen LogP contribution in [0.15, 0.2) is 36.4 Å². The van der Waals surface area contributed by atoms with E-state index in [1.807, 2.05) is 36.4 Å². The molecule has 2 heterocycles. The summed E-state index contributed by atoms with van der Waals surface area (Å²) in [4.78, 5) is 12.3.